The van der Waals surface area contributed by atoms with E-state index in [2.05, 4.69) is 109 Å². The van der Waals surface area contributed by atoms with Gasteiger partial charge in [0.25, 0.3) is 0 Å². The van der Waals surface area contributed by atoms with Gasteiger partial charge in [-0.3, -0.25) is 0 Å². The Kier molecular flexibility index (Phi) is 14.4. The van der Waals surface area contributed by atoms with Crippen LogP contribution in [-0.2, 0) is 20.1 Å². The molecule has 3 aromatic heterocycles. The zero-order chi connectivity index (χ0) is 50.2. The fourth-order valence-corrected chi connectivity index (χ4v) is 9.35. The average Bonchev–Trinajstić information content (AvgIpc) is 3.40. The zero-order valence-corrected chi connectivity index (χ0v) is 42.6. The first-order valence-electron chi connectivity index (χ1n) is 25.0. The van der Waals surface area contributed by atoms with Crippen molar-refractivity contribution in [1.29, 1.82) is 0 Å². The number of rotatable bonds is 12. The SMILES string of the molecule is C.[2H]C(C)(C)c1cc(-c2[c-]cccc2)ncc1-c1ccccc1-c1cc(-c2ccccc2-c2cnc(-c3[c-]cccc3)cc2C([2H])(C)C)cc(-c2ccccc2-c2cnc(-c3[c-]cccc3)cc2C([2H])(C)C)c1.[Ir+3]. The summed E-state index contributed by atoms with van der Waals surface area (Å²) >= 11 is 0. The van der Waals surface area contributed by atoms with E-state index < -0.39 is 17.7 Å². The maximum Gasteiger partial charge on any atom is 3.00 e. The predicted molar refractivity (Wildman–Crippen MR) is 294 cm³/mol. The molecule has 0 fully saturated rings. The van der Waals surface area contributed by atoms with Crippen LogP contribution in [0.25, 0.3) is 101 Å². The van der Waals surface area contributed by atoms with Gasteiger partial charge in [-0.25, -0.2) is 0 Å². The van der Waals surface area contributed by atoms with E-state index in [-0.39, 0.29) is 27.5 Å². The van der Waals surface area contributed by atoms with Crippen LogP contribution in [0.15, 0.2) is 201 Å². The number of hydrogen-bond acceptors (Lipinski definition) is 3. The van der Waals surface area contributed by atoms with E-state index in [4.69, 9.17) is 15.0 Å². The number of benzene rings is 7. The van der Waals surface area contributed by atoms with E-state index in [1.165, 1.54) is 0 Å². The fraction of sp³-hybridized carbons (Fsp3) is 0.149. The van der Waals surface area contributed by atoms with Crippen LogP contribution in [0.1, 0.15) is 87.5 Å². The maximum atomic E-state index is 9.47. The standard InChI is InChI=1S/C66H54N3.CH4.Ir/c1-43(2)58-37-64(46-22-10-7-11-23-46)67-40-61(58)55-31-19-16-28-52(55)49-34-50(53-29-17-20-32-56(53)62-41-68-65(38-59(62)44(3)4)47-24-12-8-13-25-47)36-51(35-49)54-30-18-21-33-57(54)63-42-69-66(39-60(63)45(5)6)48-26-14-9-15-27-48;;/h7-22,24,26,28-45H,1-6H3;1H4;/q-3;;+3/i43D,44D,45D;;. The monoisotopic (exact) mass is 1100 g/mol. The second-order valence-corrected chi connectivity index (χ2v) is 18.1. The van der Waals surface area contributed by atoms with Crippen molar-refractivity contribution in [1.82, 2.24) is 15.0 Å². The molecule has 10 rings (SSSR count). The summed E-state index contributed by atoms with van der Waals surface area (Å²) in [7, 11) is 0. The van der Waals surface area contributed by atoms with Crippen LogP contribution in [0.5, 0.6) is 0 Å². The van der Waals surface area contributed by atoms with E-state index in [9.17, 15) is 4.11 Å². The van der Waals surface area contributed by atoms with Crippen molar-refractivity contribution in [3.63, 3.8) is 0 Å². The first-order valence-corrected chi connectivity index (χ1v) is 23.5. The van der Waals surface area contributed by atoms with Gasteiger partial charge in [-0.2, -0.15) is 0 Å². The molecule has 0 aliphatic heterocycles. The summed E-state index contributed by atoms with van der Waals surface area (Å²) in [4.78, 5) is 15.0. The molecule has 350 valence electrons. The summed E-state index contributed by atoms with van der Waals surface area (Å²) in [5.74, 6) is -2.88. The Labute approximate surface area is 439 Å². The minimum atomic E-state index is -0.962. The van der Waals surface area contributed by atoms with Gasteiger partial charge in [0, 0.05) is 39.4 Å². The molecule has 10 aromatic rings. The average molecular weight is 1100 g/mol. The van der Waals surface area contributed by atoms with Gasteiger partial charge in [0.15, 0.2) is 0 Å². The summed E-state index contributed by atoms with van der Waals surface area (Å²) in [6.07, 6.45) is 5.74. The fourth-order valence-electron chi connectivity index (χ4n) is 9.35. The van der Waals surface area contributed by atoms with E-state index in [0.29, 0.717) is 0 Å². The molecule has 0 aliphatic rings. The first kappa shape index (κ1) is 46.0. The molecule has 0 saturated heterocycles. The van der Waals surface area contributed by atoms with E-state index in [1.807, 2.05) is 151 Å². The minimum absolute atomic E-state index is 0. The van der Waals surface area contributed by atoms with E-state index in [1.54, 1.807) is 0 Å². The molecule has 7 aromatic carbocycles. The quantitative estimate of drug-likeness (QED) is 0.114. The van der Waals surface area contributed by atoms with Crippen LogP contribution in [-0.4, -0.2) is 15.0 Å². The van der Waals surface area contributed by atoms with Crippen molar-refractivity contribution in [3.05, 3.63) is 235 Å². The molecule has 71 heavy (non-hydrogen) atoms. The molecule has 0 unspecified atom stereocenters. The third kappa shape index (κ3) is 10.4. The molecule has 0 N–H and O–H groups in total. The van der Waals surface area contributed by atoms with Gasteiger partial charge in [-0.1, -0.05) is 140 Å². The molecule has 0 aliphatic carbocycles. The Bertz CT molecular complexity index is 3190. The van der Waals surface area contributed by atoms with Crippen molar-refractivity contribution in [2.75, 3.05) is 0 Å². The summed E-state index contributed by atoms with van der Waals surface area (Å²) in [6.45, 7) is 11.6. The van der Waals surface area contributed by atoms with Crippen molar-refractivity contribution in [3.8, 4) is 101 Å². The topological polar surface area (TPSA) is 38.7 Å². The number of pyridine rings is 3. The predicted octanol–water partition coefficient (Wildman–Crippen LogP) is 18.3. The second-order valence-electron chi connectivity index (χ2n) is 18.1. The first-order chi connectivity index (χ1) is 34.6. The Morgan fingerprint density at radius 3 is 0.831 bits per heavy atom. The molecule has 0 spiro atoms. The Morgan fingerprint density at radius 1 is 0.338 bits per heavy atom. The molecular formula is C67H58IrN3. The van der Waals surface area contributed by atoms with Crippen LogP contribution in [0.3, 0.4) is 0 Å². The second kappa shape index (κ2) is 22.2. The number of aromatic nitrogens is 3. The van der Waals surface area contributed by atoms with Gasteiger partial charge >= 0.3 is 20.1 Å². The molecule has 0 radical (unpaired) electrons. The van der Waals surface area contributed by atoms with Crippen molar-refractivity contribution in [2.45, 2.75) is 66.7 Å². The Balaban J connectivity index is 0.00000364. The number of nitrogens with zero attached hydrogens (tertiary/aromatic N) is 3. The molecule has 3 nitrogen and oxygen atoms in total. The van der Waals surface area contributed by atoms with Gasteiger partial charge in [0.2, 0.25) is 0 Å². The van der Waals surface area contributed by atoms with Crippen molar-refractivity contribution >= 4 is 0 Å². The normalized spacial score (nSPS) is 12.2. The van der Waals surface area contributed by atoms with Crippen molar-refractivity contribution < 1.29 is 24.2 Å². The van der Waals surface area contributed by atoms with Crippen LogP contribution in [0.2, 0.25) is 0 Å². The molecule has 0 saturated carbocycles. The molecule has 0 bridgehead atoms. The van der Waals surface area contributed by atoms with Crippen LogP contribution in [0.4, 0.5) is 0 Å². The smallest absolute Gasteiger partial charge is 0.304 e. The summed E-state index contributed by atoms with van der Waals surface area (Å²) in [6, 6.07) is 71.5. The van der Waals surface area contributed by atoms with E-state index in [0.717, 1.165) is 117 Å². The Morgan fingerprint density at radius 2 is 0.592 bits per heavy atom. The van der Waals surface area contributed by atoms with E-state index >= 15 is 0 Å². The summed E-state index contributed by atoms with van der Waals surface area (Å²) in [5, 5.41) is 0. The number of hydrogen-bond donors (Lipinski definition) is 0. The molecule has 0 atom stereocenters. The minimum Gasteiger partial charge on any atom is -0.304 e. The van der Waals surface area contributed by atoms with Crippen LogP contribution in [0, 0.1) is 18.2 Å². The molecule has 4 heteroatoms. The largest absolute Gasteiger partial charge is 3.00 e. The summed E-state index contributed by atoms with van der Waals surface area (Å²) < 4.78 is 28.4. The van der Waals surface area contributed by atoms with Gasteiger partial charge in [0.05, 0.1) is 0 Å². The van der Waals surface area contributed by atoms with Gasteiger partial charge < -0.3 is 15.0 Å². The molecular weight excluding hydrogens is 1040 g/mol. The molecule has 3 heterocycles. The van der Waals surface area contributed by atoms with Crippen LogP contribution >= 0.6 is 0 Å². The van der Waals surface area contributed by atoms with Gasteiger partial charge in [-0.15, -0.1) is 108 Å². The van der Waals surface area contributed by atoms with Gasteiger partial charge in [0.1, 0.15) is 0 Å². The Hall–Kier alpha value is -7.36. The maximum absolute atomic E-state index is 9.47. The zero-order valence-electron chi connectivity index (χ0n) is 43.2. The van der Waals surface area contributed by atoms with Crippen molar-refractivity contribution in [2.24, 2.45) is 0 Å². The van der Waals surface area contributed by atoms with Gasteiger partial charge in [-0.05, 0) is 120 Å². The third-order valence-electron chi connectivity index (χ3n) is 12.8. The molecule has 0 amide bonds. The summed E-state index contributed by atoms with van der Waals surface area (Å²) in [5.41, 5.74) is 18.9. The third-order valence-corrected chi connectivity index (χ3v) is 12.8. The van der Waals surface area contributed by atoms with Crippen LogP contribution < -0.4 is 0 Å².